The van der Waals surface area contributed by atoms with Gasteiger partial charge in [0.25, 0.3) is 0 Å². The van der Waals surface area contributed by atoms with Gasteiger partial charge in [0.2, 0.25) is 0 Å². The lowest BCUT2D eigenvalue weighted by Gasteiger charge is -1.84. The molecule has 0 aromatic carbocycles. The first-order chi connectivity index (χ1) is 2.91. The van der Waals surface area contributed by atoms with Gasteiger partial charge in [-0.25, -0.2) is 5.11 Å². The highest BCUT2D eigenvalue weighted by atomic mass is 13.8. The van der Waals surface area contributed by atoms with Crippen LogP contribution in [0.5, 0.6) is 0 Å². The first kappa shape index (κ1) is 5.96. The molecule has 0 spiro atoms. The van der Waals surface area contributed by atoms with Gasteiger partial charge in [-0.1, -0.05) is 19.8 Å². The zero-order valence-electron chi connectivity index (χ0n) is 4.24. The van der Waals surface area contributed by atoms with Crippen LogP contribution in [0.25, 0.3) is 0 Å². The highest BCUT2D eigenvalue weighted by molar-refractivity contribution is 4.30. The van der Waals surface area contributed by atoms with Crippen LogP contribution >= 0.6 is 0 Å². The second-order valence-electron chi connectivity index (χ2n) is 1.41. The van der Waals surface area contributed by atoms with E-state index in [2.05, 4.69) is 6.92 Å². The van der Waals surface area contributed by atoms with E-state index in [0.29, 0.717) is 0 Å². The monoisotopic (exact) mass is 72.1 g/mol. The minimum Gasteiger partial charge on any atom is -0.237 e. The van der Waals surface area contributed by atoms with Crippen LogP contribution in [0.1, 0.15) is 26.2 Å². The topological polar surface area (TPSA) is 19.9 Å². The van der Waals surface area contributed by atoms with Gasteiger partial charge in [-0.15, -0.1) is 0 Å². The van der Waals surface area contributed by atoms with Crippen LogP contribution in [0.3, 0.4) is 0 Å². The molecule has 6 heavy (non-hydrogen) atoms. The first-order valence-electron chi connectivity index (χ1n) is 2.50. The first-order valence-corrected chi connectivity index (χ1v) is 2.50. The summed E-state index contributed by atoms with van der Waals surface area (Å²) < 4.78 is 0. The van der Waals surface area contributed by atoms with Crippen molar-refractivity contribution in [2.24, 2.45) is 0 Å². The SMILES string of the molecule is CCCCC[1O]. The van der Waals surface area contributed by atoms with Crippen molar-refractivity contribution < 1.29 is 5.11 Å². The fourth-order valence-electron chi connectivity index (χ4n) is 0.352. The summed E-state index contributed by atoms with van der Waals surface area (Å²) in [5, 5.41) is 9.69. The molecule has 0 N–H and O–H groups in total. The molecule has 0 aliphatic heterocycles. The average molecular weight is 72.1 g/mol. The van der Waals surface area contributed by atoms with E-state index >= 15 is 0 Å². The van der Waals surface area contributed by atoms with E-state index in [9.17, 15) is 5.11 Å². The highest BCUT2D eigenvalue weighted by Crippen LogP contribution is 1.89. The predicted molar refractivity (Wildman–Crippen MR) is 25.1 cm³/mol. The molecule has 0 saturated heterocycles. The van der Waals surface area contributed by atoms with Crippen LogP contribution in [0.15, 0.2) is 0 Å². The molecule has 0 bridgehead atoms. The molecular formula is C5H11O. The lowest BCUT2D eigenvalue weighted by Crippen LogP contribution is -1.76. The molecule has 1 nitrogen and oxygen atoms in total. The predicted octanol–water partition coefficient (Wildman–Crippen LogP) is 1.61. The van der Waals surface area contributed by atoms with Gasteiger partial charge in [0.05, 0.1) is 6.61 Å². The standard InChI is InChI=1S/C5H11O/c1-2-3-4-5-6/h2-5H2,1H3/i6-15. The van der Waals surface area contributed by atoms with Gasteiger partial charge in [-0.2, -0.15) is 0 Å². The number of hydrogen-bond acceptors (Lipinski definition) is 0. The molecule has 1 heteroatoms. The molecule has 1 radical (unpaired) electrons. The Labute approximate surface area is 39.0 Å². The van der Waals surface area contributed by atoms with Gasteiger partial charge in [0.15, 0.2) is 0 Å². The Morgan fingerprint density at radius 3 is 2.17 bits per heavy atom. The van der Waals surface area contributed by atoms with Crippen LogP contribution in [-0.4, -0.2) is 6.61 Å². The lowest BCUT2D eigenvalue weighted by atomic mass is 0.909. The normalized spacial score (nSPS) is 9.00. The van der Waals surface area contributed by atoms with Gasteiger partial charge in [-0.3, -0.25) is 0 Å². The Hall–Kier alpha value is -0.0400. The van der Waals surface area contributed by atoms with Crippen LogP contribution < -0.4 is 0 Å². The smallest absolute Gasteiger partial charge is 0.0822 e. The van der Waals surface area contributed by atoms with Crippen molar-refractivity contribution in [1.82, 2.24) is 0 Å². The van der Waals surface area contributed by atoms with E-state index in [0.717, 1.165) is 19.3 Å². The molecule has 37 valence electrons. The summed E-state index contributed by atoms with van der Waals surface area (Å²) in [6.07, 6.45) is 3.11. The van der Waals surface area contributed by atoms with Crippen LogP contribution in [-0.2, 0) is 5.11 Å². The van der Waals surface area contributed by atoms with Crippen LogP contribution in [0, 0.1) is 0 Å². The molecule has 0 aliphatic carbocycles. The van der Waals surface area contributed by atoms with Crippen molar-refractivity contribution in [3.05, 3.63) is 0 Å². The third kappa shape index (κ3) is 3.96. The summed E-state index contributed by atoms with van der Waals surface area (Å²) in [4.78, 5) is 0. The van der Waals surface area contributed by atoms with Gasteiger partial charge in [0, 0.05) is 0 Å². The van der Waals surface area contributed by atoms with E-state index < -0.39 is 0 Å². The van der Waals surface area contributed by atoms with E-state index in [1.807, 2.05) is 0 Å². The molecule has 0 aliphatic rings. The third-order valence-corrected chi connectivity index (χ3v) is 0.748. The molecule has 0 rings (SSSR count). The maximum absolute atomic E-state index is 9.69. The summed E-state index contributed by atoms with van der Waals surface area (Å²) in [7, 11) is 0. The number of unbranched alkanes of at least 4 members (excludes halogenated alkanes) is 2. The fraction of sp³-hybridized carbons (Fsp3) is 1.00. The molecule has 0 fully saturated rings. The molecule has 0 amide bonds. The maximum Gasteiger partial charge on any atom is 0.0822 e. The minimum absolute atomic E-state index is 0.105. The van der Waals surface area contributed by atoms with Crippen molar-refractivity contribution in [3.63, 3.8) is 0 Å². The Bertz CT molecular complexity index is 15.9. The van der Waals surface area contributed by atoms with E-state index in [4.69, 9.17) is 0 Å². The zero-order chi connectivity index (χ0) is 4.83. The van der Waals surface area contributed by atoms with Gasteiger partial charge in [-0.05, 0) is 6.42 Å². The summed E-state index contributed by atoms with van der Waals surface area (Å²) in [6, 6.07) is 0. The van der Waals surface area contributed by atoms with Gasteiger partial charge in [0.1, 0.15) is 0 Å². The molecule has 0 saturated carbocycles. The summed E-state index contributed by atoms with van der Waals surface area (Å²) >= 11 is 0. The van der Waals surface area contributed by atoms with Crippen LogP contribution in [0.4, 0.5) is 0 Å². The molecule has 0 atom stereocenters. The lowest BCUT2D eigenvalue weighted by molar-refractivity contribution is 0.186. The number of rotatable bonds is 3. The van der Waals surface area contributed by atoms with Crippen molar-refractivity contribution in [1.29, 1.82) is 0 Å². The second kappa shape index (κ2) is 4.96. The molecule has 0 aromatic rings. The van der Waals surface area contributed by atoms with Gasteiger partial charge < -0.3 is 0 Å². The minimum atomic E-state index is 0.105. The Balaban J connectivity index is 2.34. The zero-order valence-corrected chi connectivity index (χ0v) is 4.24. The summed E-state index contributed by atoms with van der Waals surface area (Å²) in [6.45, 7) is 2.20. The molecule has 0 unspecified atom stereocenters. The maximum atomic E-state index is 9.69. The highest BCUT2D eigenvalue weighted by Gasteiger charge is 1.77. The van der Waals surface area contributed by atoms with Crippen molar-refractivity contribution in [3.8, 4) is 0 Å². The molecule has 0 aromatic heterocycles. The Morgan fingerprint density at radius 1 is 1.33 bits per heavy atom. The van der Waals surface area contributed by atoms with Gasteiger partial charge >= 0.3 is 0 Å². The quantitative estimate of drug-likeness (QED) is 0.451. The number of hydrogen-bond donors (Lipinski definition) is 0. The fourth-order valence-corrected chi connectivity index (χ4v) is 0.352. The summed E-state index contributed by atoms with van der Waals surface area (Å²) in [5.74, 6) is 0. The largest absolute Gasteiger partial charge is 0.237 e. The second-order valence-corrected chi connectivity index (χ2v) is 1.41. The molecular weight excluding hydrogens is 61.1 g/mol. The van der Waals surface area contributed by atoms with Crippen molar-refractivity contribution in [2.45, 2.75) is 26.2 Å². The van der Waals surface area contributed by atoms with E-state index in [1.54, 1.807) is 0 Å². The van der Waals surface area contributed by atoms with E-state index in [-0.39, 0.29) is 6.61 Å². The van der Waals surface area contributed by atoms with Crippen LogP contribution in [0.2, 0.25) is 0 Å². The Kier molecular flexibility index (Phi) is 4.93. The molecule has 0 heterocycles. The average Bonchev–Trinajstić information content (AvgIpc) is 1.61. The third-order valence-electron chi connectivity index (χ3n) is 0.748. The van der Waals surface area contributed by atoms with Crippen molar-refractivity contribution in [2.75, 3.05) is 6.61 Å². The van der Waals surface area contributed by atoms with E-state index in [1.165, 1.54) is 0 Å². The van der Waals surface area contributed by atoms with Crippen molar-refractivity contribution >= 4 is 0 Å². The Morgan fingerprint density at radius 2 is 2.00 bits per heavy atom. The summed E-state index contributed by atoms with van der Waals surface area (Å²) in [5.41, 5.74) is 0.